The van der Waals surface area contributed by atoms with Crippen molar-refractivity contribution in [1.82, 2.24) is 0 Å². The van der Waals surface area contributed by atoms with Crippen molar-refractivity contribution in [2.75, 3.05) is 18.5 Å². The van der Waals surface area contributed by atoms with Crippen LogP contribution in [-0.2, 0) is 4.79 Å². The maximum atomic E-state index is 13.4. The van der Waals surface area contributed by atoms with Crippen LogP contribution in [0.2, 0.25) is 0 Å². The first-order valence-corrected chi connectivity index (χ1v) is 5.03. The molecule has 0 heterocycles. The van der Waals surface area contributed by atoms with Gasteiger partial charge in [-0.15, -0.1) is 0 Å². The third kappa shape index (κ3) is 2.72. The van der Waals surface area contributed by atoms with Crippen LogP contribution in [0.4, 0.5) is 10.1 Å². The zero-order chi connectivity index (χ0) is 12.3. The summed E-state index contributed by atoms with van der Waals surface area (Å²) in [6.07, 6.45) is 0. The molecule has 1 rings (SSSR count). The number of halogens is 1. The van der Waals surface area contributed by atoms with E-state index in [-0.39, 0.29) is 12.4 Å². The van der Waals surface area contributed by atoms with Gasteiger partial charge in [0, 0.05) is 13.6 Å². The number of nitrogens with zero attached hydrogens (tertiary/aromatic N) is 1. The minimum Gasteiger partial charge on any atom is -0.481 e. The SMILES string of the molecule is CN(CC(C)(C)C(=O)O)c1ccccc1F. The second-order valence-electron chi connectivity index (χ2n) is 4.50. The molecule has 0 unspecified atom stereocenters. The summed E-state index contributed by atoms with van der Waals surface area (Å²) in [4.78, 5) is 12.6. The maximum absolute atomic E-state index is 13.4. The molecule has 0 amide bonds. The van der Waals surface area contributed by atoms with Gasteiger partial charge in [0.2, 0.25) is 0 Å². The number of anilines is 1. The van der Waals surface area contributed by atoms with E-state index < -0.39 is 11.4 Å². The van der Waals surface area contributed by atoms with E-state index in [1.807, 2.05) is 0 Å². The molecule has 0 saturated heterocycles. The molecule has 16 heavy (non-hydrogen) atoms. The summed E-state index contributed by atoms with van der Waals surface area (Å²) in [6.45, 7) is 3.49. The first kappa shape index (κ1) is 12.5. The van der Waals surface area contributed by atoms with Crippen LogP contribution in [0.25, 0.3) is 0 Å². The highest BCUT2D eigenvalue weighted by Gasteiger charge is 2.29. The summed E-state index contributed by atoms with van der Waals surface area (Å²) in [5, 5.41) is 8.99. The molecule has 1 aromatic carbocycles. The van der Waals surface area contributed by atoms with Gasteiger partial charge in [0.25, 0.3) is 0 Å². The lowest BCUT2D eigenvalue weighted by Gasteiger charge is -2.28. The minimum atomic E-state index is -0.906. The van der Waals surface area contributed by atoms with Gasteiger partial charge in [0.1, 0.15) is 5.82 Å². The van der Waals surface area contributed by atoms with E-state index in [2.05, 4.69) is 0 Å². The Morgan fingerprint density at radius 1 is 1.44 bits per heavy atom. The Kier molecular flexibility index (Phi) is 3.52. The van der Waals surface area contributed by atoms with Crippen LogP contribution in [0.5, 0.6) is 0 Å². The van der Waals surface area contributed by atoms with Crippen LogP contribution < -0.4 is 4.90 Å². The molecule has 3 nitrogen and oxygen atoms in total. The topological polar surface area (TPSA) is 40.5 Å². The van der Waals surface area contributed by atoms with Gasteiger partial charge in [-0.3, -0.25) is 4.79 Å². The number of carboxylic acids is 1. The Bertz CT molecular complexity index is 390. The summed E-state index contributed by atoms with van der Waals surface area (Å²) in [7, 11) is 1.68. The minimum absolute atomic E-state index is 0.253. The van der Waals surface area contributed by atoms with Gasteiger partial charge in [0.15, 0.2) is 0 Å². The first-order valence-electron chi connectivity index (χ1n) is 5.03. The van der Waals surface area contributed by atoms with E-state index in [1.165, 1.54) is 6.07 Å². The second kappa shape index (κ2) is 4.51. The van der Waals surface area contributed by atoms with Crippen LogP contribution in [0.15, 0.2) is 24.3 Å². The number of benzene rings is 1. The molecular weight excluding hydrogens is 209 g/mol. The van der Waals surface area contributed by atoms with E-state index in [0.29, 0.717) is 5.69 Å². The fourth-order valence-electron chi connectivity index (χ4n) is 1.51. The van der Waals surface area contributed by atoms with Gasteiger partial charge in [-0.25, -0.2) is 4.39 Å². The van der Waals surface area contributed by atoms with Gasteiger partial charge < -0.3 is 10.0 Å². The van der Waals surface area contributed by atoms with E-state index in [9.17, 15) is 9.18 Å². The molecule has 0 atom stereocenters. The highest BCUT2D eigenvalue weighted by atomic mass is 19.1. The monoisotopic (exact) mass is 225 g/mol. The largest absolute Gasteiger partial charge is 0.481 e. The summed E-state index contributed by atoms with van der Waals surface area (Å²) in [5.41, 5.74) is -0.492. The smallest absolute Gasteiger partial charge is 0.310 e. The normalized spacial score (nSPS) is 11.2. The molecule has 0 saturated carbocycles. The average molecular weight is 225 g/mol. The molecule has 4 heteroatoms. The molecule has 0 radical (unpaired) electrons. The van der Waals surface area contributed by atoms with Gasteiger partial charge in [-0.1, -0.05) is 12.1 Å². The number of hydrogen-bond acceptors (Lipinski definition) is 2. The predicted molar refractivity (Wildman–Crippen MR) is 61.1 cm³/mol. The molecule has 0 fully saturated rings. The second-order valence-corrected chi connectivity index (χ2v) is 4.50. The summed E-state index contributed by atoms with van der Waals surface area (Å²) >= 11 is 0. The molecule has 0 aromatic heterocycles. The standard InChI is InChI=1S/C12H16FNO2/c1-12(2,11(15)16)8-14(3)10-7-5-4-6-9(10)13/h4-7H,8H2,1-3H3,(H,15,16). The Hall–Kier alpha value is -1.58. The predicted octanol–water partition coefficient (Wildman–Crippen LogP) is 2.37. The summed E-state index contributed by atoms with van der Waals surface area (Å²) in [6, 6.07) is 6.32. The molecular formula is C12H16FNO2. The molecule has 0 bridgehead atoms. The van der Waals surface area contributed by atoms with Crippen molar-refractivity contribution in [3.8, 4) is 0 Å². The summed E-state index contributed by atoms with van der Waals surface area (Å²) in [5.74, 6) is -1.23. The number of hydrogen-bond donors (Lipinski definition) is 1. The highest BCUT2D eigenvalue weighted by molar-refractivity contribution is 5.74. The molecule has 0 aliphatic carbocycles. The van der Waals surface area contributed by atoms with Gasteiger partial charge in [-0.2, -0.15) is 0 Å². The molecule has 0 aliphatic rings. The van der Waals surface area contributed by atoms with E-state index in [1.54, 1.807) is 44.0 Å². The van der Waals surface area contributed by atoms with Crippen molar-refractivity contribution in [2.45, 2.75) is 13.8 Å². The number of para-hydroxylation sites is 1. The van der Waals surface area contributed by atoms with Crippen LogP contribution in [0.1, 0.15) is 13.8 Å². The van der Waals surface area contributed by atoms with Crippen molar-refractivity contribution in [3.63, 3.8) is 0 Å². The lowest BCUT2D eigenvalue weighted by Crippen LogP contribution is -2.37. The van der Waals surface area contributed by atoms with Crippen molar-refractivity contribution in [3.05, 3.63) is 30.1 Å². The molecule has 0 spiro atoms. The van der Waals surface area contributed by atoms with E-state index in [4.69, 9.17) is 5.11 Å². The maximum Gasteiger partial charge on any atom is 0.310 e. The van der Waals surface area contributed by atoms with Gasteiger partial charge in [-0.05, 0) is 26.0 Å². The Balaban J connectivity index is 2.85. The van der Waals surface area contributed by atoms with Crippen LogP contribution in [0.3, 0.4) is 0 Å². The van der Waals surface area contributed by atoms with Crippen molar-refractivity contribution in [1.29, 1.82) is 0 Å². The summed E-state index contributed by atoms with van der Waals surface area (Å²) < 4.78 is 13.4. The van der Waals surface area contributed by atoms with Gasteiger partial charge in [0.05, 0.1) is 11.1 Å². The van der Waals surface area contributed by atoms with Gasteiger partial charge >= 0.3 is 5.97 Å². The lowest BCUT2D eigenvalue weighted by molar-refractivity contribution is -0.146. The fraction of sp³-hybridized carbons (Fsp3) is 0.417. The van der Waals surface area contributed by atoms with Crippen LogP contribution >= 0.6 is 0 Å². The first-order chi connectivity index (χ1) is 7.34. The molecule has 1 N–H and O–H groups in total. The molecule has 88 valence electrons. The molecule has 1 aromatic rings. The van der Waals surface area contributed by atoms with Crippen molar-refractivity contribution < 1.29 is 14.3 Å². The fourth-order valence-corrected chi connectivity index (χ4v) is 1.51. The quantitative estimate of drug-likeness (QED) is 0.855. The zero-order valence-corrected chi connectivity index (χ0v) is 9.70. The van der Waals surface area contributed by atoms with Crippen molar-refractivity contribution >= 4 is 11.7 Å². The zero-order valence-electron chi connectivity index (χ0n) is 9.70. The number of rotatable bonds is 4. The third-order valence-corrected chi connectivity index (χ3v) is 2.48. The van der Waals surface area contributed by atoms with Crippen LogP contribution in [-0.4, -0.2) is 24.7 Å². The highest BCUT2D eigenvalue weighted by Crippen LogP contribution is 2.23. The van der Waals surface area contributed by atoms with Crippen LogP contribution in [0, 0.1) is 11.2 Å². The number of aliphatic carboxylic acids is 1. The number of carboxylic acid groups (broad SMARTS) is 1. The Morgan fingerprint density at radius 3 is 2.50 bits per heavy atom. The number of carbonyl (C=O) groups is 1. The lowest BCUT2D eigenvalue weighted by atomic mass is 9.93. The molecule has 0 aliphatic heterocycles. The average Bonchev–Trinajstić information content (AvgIpc) is 2.17. The Morgan fingerprint density at radius 2 is 2.00 bits per heavy atom. The third-order valence-electron chi connectivity index (χ3n) is 2.48. The van der Waals surface area contributed by atoms with E-state index in [0.717, 1.165) is 0 Å². The van der Waals surface area contributed by atoms with E-state index >= 15 is 0 Å². The van der Waals surface area contributed by atoms with Crippen molar-refractivity contribution in [2.24, 2.45) is 5.41 Å². The Labute approximate surface area is 94.5 Å².